The van der Waals surface area contributed by atoms with E-state index in [0.29, 0.717) is 24.3 Å². The quantitative estimate of drug-likeness (QED) is 0.00749. The fraction of sp³-hybridized carbons (Fsp3) is 0.549. The molecule has 0 aromatic heterocycles. The van der Waals surface area contributed by atoms with Crippen molar-refractivity contribution in [3.8, 4) is 5.75 Å². The molecule has 13 amide bonds. The number of rotatable bonds is 35. The molecule has 1 saturated heterocycles. The molecule has 520 valence electrons. The molecule has 0 unspecified atom stereocenters. The van der Waals surface area contributed by atoms with Crippen LogP contribution in [0.25, 0.3) is 0 Å². The fourth-order valence-electron chi connectivity index (χ4n) is 6.98. The van der Waals surface area contributed by atoms with Crippen molar-refractivity contribution in [1.29, 1.82) is 0 Å². The van der Waals surface area contributed by atoms with Crippen LogP contribution in [0.5, 0.6) is 5.75 Å². The zero-order chi connectivity index (χ0) is 68.7. The van der Waals surface area contributed by atoms with Crippen molar-refractivity contribution in [1.82, 2.24) is 63.8 Å². The SMILES string of the molecule is CC(=O)NCSC[C@H](NC(=O)CNC(=O)CNC(=O)[C@@H]1CSCC(=O)N[C@H](Cc2ccc(O)cc2)C(=O)N[C@@H](CSCCCN)C(=O)NCC(=O)N[C@@H](CC(=O)[O-])C(=O)N1)C(=O)NCC(=O)N[C@@H](CSCNC(C)=O)C([O-])=NCC([O-])=NCC([O-])=N[C@@H](C[S-])C(N)=O.[99Tc+5].[Na+].[O-2]. The van der Waals surface area contributed by atoms with Crippen molar-refractivity contribution in [3.63, 3.8) is 0 Å². The fourth-order valence-corrected chi connectivity index (χ4v) is 10.9. The summed E-state index contributed by atoms with van der Waals surface area (Å²) >= 11 is 8.59. The number of benzene rings is 1. The van der Waals surface area contributed by atoms with Crippen LogP contribution in [0.3, 0.4) is 0 Å². The molecule has 0 bridgehead atoms. The molecule has 1 aromatic rings. The van der Waals surface area contributed by atoms with Gasteiger partial charge < -0.3 is 124 Å². The molecule has 1 aliphatic heterocycles. The number of aromatic hydroxyl groups is 1. The number of nitrogens with two attached hydrogens (primary N) is 2. The van der Waals surface area contributed by atoms with Crippen molar-refractivity contribution in [3.05, 3.63) is 29.8 Å². The smallest absolute Gasteiger partial charge is 2.00 e. The zero-order valence-corrected chi connectivity index (χ0v) is 59.3. The van der Waals surface area contributed by atoms with Gasteiger partial charge in [-0.2, -0.15) is 11.8 Å². The maximum absolute atomic E-state index is 13.8. The first-order valence-electron chi connectivity index (χ1n) is 27.5. The molecule has 0 radical (unpaired) electrons. The van der Waals surface area contributed by atoms with Crippen LogP contribution in [-0.2, 0) is 112 Å². The second-order valence-electron chi connectivity index (χ2n) is 19.2. The Morgan fingerprint density at radius 1 is 0.716 bits per heavy atom. The van der Waals surface area contributed by atoms with Crippen molar-refractivity contribution in [2.24, 2.45) is 26.4 Å². The molecule has 7 atom stereocenters. The summed E-state index contributed by atoms with van der Waals surface area (Å²) < 4.78 is 0. The summed E-state index contributed by atoms with van der Waals surface area (Å²) in [6, 6.07) is -4.81. The molecule has 1 aliphatic rings. The van der Waals surface area contributed by atoms with Gasteiger partial charge in [-0.15, -0.1) is 41.0 Å². The Bertz CT molecular complexity index is 2860. The van der Waals surface area contributed by atoms with Gasteiger partial charge in [-0.1, -0.05) is 12.1 Å². The van der Waals surface area contributed by atoms with Gasteiger partial charge in [-0.05, 0) is 54.1 Å². The first kappa shape index (κ1) is 90.4. The number of carboxylic acid groups (broad SMARTS) is 1. The maximum atomic E-state index is 13.8. The number of carboxylic acids is 1. The van der Waals surface area contributed by atoms with Crippen LogP contribution in [0.4, 0.5) is 0 Å². The Morgan fingerprint density at radius 2 is 1.28 bits per heavy atom. The van der Waals surface area contributed by atoms with Gasteiger partial charge in [-0.3, -0.25) is 77.3 Å². The van der Waals surface area contributed by atoms with E-state index < -0.39 is 200 Å². The van der Waals surface area contributed by atoms with Crippen molar-refractivity contribution in [2.75, 3.05) is 97.8 Å². The number of aliphatic imine (C=N–C) groups is 3. The second-order valence-corrected chi connectivity index (χ2v) is 23.8. The van der Waals surface area contributed by atoms with Crippen LogP contribution in [0, 0.1) is 0 Å². The summed E-state index contributed by atoms with van der Waals surface area (Å²) in [5, 5.41) is 87.2. The predicted octanol–water partition coefficient (Wildman–Crippen LogP) is -15.5. The summed E-state index contributed by atoms with van der Waals surface area (Å²) in [6.07, 6.45) is -0.722. The molecule has 2 rings (SSSR count). The molecular weight excluding hydrogens is 1450 g/mol. The maximum Gasteiger partial charge on any atom is 5.00 e. The van der Waals surface area contributed by atoms with E-state index in [1.165, 1.54) is 49.9 Å². The number of nitrogens with one attached hydrogen (secondary N) is 12. The van der Waals surface area contributed by atoms with Crippen LogP contribution >= 0.6 is 47.0 Å². The predicted molar refractivity (Wildman–Crippen MR) is 334 cm³/mol. The van der Waals surface area contributed by atoms with Crippen molar-refractivity contribution in [2.45, 2.75) is 75.4 Å². The molecule has 37 nitrogen and oxygen atoms in total. The van der Waals surface area contributed by atoms with E-state index in [9.17, 15) is 92.7 Å². The molecule has 17 N–H and O–H groups in total. The number of primary amides is 1. The zero-order valence-electron chi connectivity index (χ0n) is 51.4. The number of hydrogen-bond donors (Lipinski definition) is 15. The summed E-state index contributed by atoms with van der Waals surface area (Å²) in [7, 11) is 0. The number of phenolic OH excluding ortho intramolecular Hbond substituents is 1. The number of thioether (sulfide) groups is 4. The van der Waals surface area contributed by atoms with Gasteiger partial charge in [0.15, 0.2) is 0 Å². The summed E-state index contributed by atoms with van der Waals surface area (Å²) in [4.78, 5) is 190. The molecule has 0 saturated carbocycles. The molecule has 0 aliphatic carbocycles. The largest absolute Gasteiger partial charge is 5.00 e. The number of carbonyl (C=O) groups is 14. The molecular formula is C51H72N17NaO20S5Tc-. The molecule has 1 fully saturated rings. The Balaban J connectivity index is 0. The average Bonchev–Trinajstić information content (AvgIpc) is 0.929. The van der Waals surface area contributed by atoms with Gasteiger partial charge in [-0.25, -0.2) is 0 Å². The number of amides is 13. The molecule has 1 aromatic carbocycles. The normalized spacial score (nSPS) is 17.6. The van der Waals surface area contributed by atoms with Crippen LogP contribution in [-0.4, -0.2) is 246 Å². The van der Waals surface area contributed by atoms with Gasteiger partial charge in [0, 0.05) is 55.7 Å². The van der Waals surface area contributed by atoms with Crippen molar-refractivity contribution < 1.29 is 148 Å². The van der Waals surface area contributed by atoms with Gasteiger partial charge >= 0.3 is 49.7 Å². The Morgan fingerprint density at radius 3 is 1.87 bits per heavy atom. The second kappa shape index (κ2) is 50.7. The van der Waals surface area contributed by atoms with E-state index in [-0.39, 0.29) is 102 Å². The number of carbonyl (C=O) groups excluding carboxylic acids is 14. The first-order valence-corrected chi connectivity index (χ1v) is 32.7. The minimum absolute atomic E-state index is 0. The molecule has 1 heterocycles. The third-order valence-electron chi connectivity index (χ3n) is 11.6. The van der Waals surface area contributed by atoms with E-state index in [4.69, 9.17) is 24.1 Å². The average molecular weight is 1530 g/mol. The number of aliphatic carboxylic acids is 1. The van der Waals surface area contributed by atoms with Crippen LogP contribution in [0.15, 0.2) is 39.2 Å². The molecule has 95 heavy (non-hydrogen) atoms. The van der Waals surface area contributed by atoms with Gasteiger partial charge in [0.2, 0.25) is 76.8 Å². The van der Waals surface area contributed by atoms with Crippen molar-refractivity contribution >= 4 is 160 Å². The van der Waals surface area contributed by atoms with Gasteiger partial charge in [0.25, 0.3) is 0 Å². The monoisotopic (exact) mass is 1520 g/mol. The van der Waals surface area contributed by atoms with Crippen LogP contribution in [0.1, 0.15) is 32.3 Å². The van der Waals surface area contributed by atoms with E-state index in [2.05, 4.69) is 78.8 Å². The molecule has 0 spiro atoms. The van der Waals surface area contributed by atoms with Gasteiger partial charge in [0.05, 0.1) is 62.8 Å². The Hall–Kier alpha value is -6.67. The molecule has 44 heteroatoms. The minimum atomic E-state index is -1.92. The first-order chi connectivity index (χ1) is 43.6. The third-order valence-corrected chi connectivity index (χ3v) is 15.9. The van der Waals surface area contributed by atoms with E-state index in [0.717, 1.165) is 35.3 Å². The number of nitrogens with zero attached hydrogens (tertiary/aromatic N) is 3. The van der Waals surface area contributed by atoms with E-state index in [1.807, 2.05) is 0 Å². The van der Waals surface area contributed by atoms with Gasteiger partial charge in [0.1, 0.15) is 42.0 Å². The number of hydrogen-bond acceptors (Lipinski definition) is 28. The van der Waals surface area contributed by atoms with E-state index in [1.54, 1.807) is 0 Å². The summed E-state index contributed by atoms with van der Waals surface area (Å²) in [5.74, 6) is -18.1. The van der Waals surface area contributed by atoms with Crippen LogP contribution < -0.4 is 125 Å². The standard InChI is InChI=1S/C51H77N17O19S5.Na.O.Tc/c1-26(69)60-24-91-21-33(46(82)56-12-37(72)54-14-39(74)64-32(18-88)45(53)81)66-42(77)17-58-47(83)34(22-92-25-61-27(2)70)65-40(75)15-55-38(73)13-57-49(85)36-20-90-23-43(78)63-30(10-28-4-6-29(71)7-5-28)50(86)67-35(19-89-9-3-8-52)48(84)59-16-41(76)62-31(11-44(79)80)51(87)68-36;;;/h4-7,30-36,71,88H,3,8-25,52H2,1-2H3,(H2,53,81)(H,54,72)(H,55,73)(H,56,82)(H,57,85)(H,58,83)(H,59,84)(H,60,69)(H,61,70)(H,62,76)(H,63,78)(H,64,74)(H,65,75)(H,66,77)(H,67,86)(H,68,87)(H,79,80);;;/q;+1;-2;+5/p-5/t30-,31+,32+,33+,34+,35+,36+;;;/m1.../s1/i;;;1+1. The summed E-state index contributed by atoms with van der Waals surface area (Å²) in [5.41, 5.74) is 11.2. The minimum Gasteiger partial charge on any atom is -2.00 e. The Kier molecular flexibility index (Phi) is 48.2. The Labute approximate surface area is 602 Å². The number of phenols is 1. The summed E-state index contributed by atoms with van der Waals surface area (Å²) in [6.45, 7) is -2.35. The van der Waals surface area contributed by atoms with E-state index >= 15 is 0 Å². The van der Waals surface area contributed by atoms with Crippen LogP contribution in [0.2, 0.25) is 0 Å². The third kappa shape index (κ3) is 40.5. The topological polar surface area (TPSA) is 613 Å².